The van der Waals surface area contributed by atoms with Crippen LogP contribution in [0.15, 0.2) is 17.5 Å². The molecule has 0 aromatic carbocycles. The van der Waals surface area contributed by atoms with E-state index in [2.05, 4.69) is 55.5 Å². The second-order valence-corrected chi connectivity index (χ2v) is 5.68. The van der Waals surface area contributed by atoms with E-state index in [-0.39, 0.29) is 0 Å². The molecule has 0 aliphatic carbocycles. The third kappa shape index (κ3) is 4.78. The van der Waals surface area contributed by atoms with Crippen molar-refractivity contribution in [1.29, 1.82) is 0 Å². The van der Waals surface area contributed by atoms with E-state index in [1.165, 1.54) is 17.7 Å². The first kappa shape index (κ1) is 14.7. The number of nitrogens with zero attached hydrogens (tertiary/aromatic N) is 1. The molecular weight excluding hydrogens is 228 g/mol. The van der Waals surface area contributed by atoms with Crippen LogP contribution in [0, 0.1) is 0 Å². The van der Waals surface area contributed by atoms with E-state index in [0.717, 1.165) is 13.1 Å². The predicted molar refractivity (Wildman–Crippen MR) is 77.7 cm³/mol. The van der Waals surface area contributed by atoms with Gasteiger partial charge in [0.1, 0.15) is 0 Å². The Labute approximate surface area is 110 Å². The second kappa shape index (κ2) is 7.85. The number of hydrogen-bond donors (Lipinski definition) is 1. The van der Waals surface area contributed by atoms with Crippen LogP contribution in [-0.4, -0.2) is 31.1 Å². The summed E-state index contributed by atoms with van der Waals surface area (Å²) in [5, 5.41) is 5.55. The van der Waals surface area contributed by atoms with Crippen LogP contribution in [0.3, 0.4) is 0 Å². The maximum Gasteiger partial charge on any atom is 0.0413 e. The Kier molecular flexibility index (Phi) is 6.78. The number of hydrogen-bond acceptors (Lipinski definition) is 3. The standard InChI is InChI=1S/C14H26N2S/c1-5-15-10-6-8-12(2)16(4)13(3)14-9-7-11-17-14/h7,9,11-13,15H,5-6,8,10H2,1-4H3. The summed E-state index contributed by atoms with van der Waals surface area (Å²) in [6.07, 6.45) is 2.52. The van der Waals surface area contributed by atoms with Gasteiger partial charge in [0.15, 0.2) is 0 Å². The van der Waals surface area contributed by atoms with Crippen molar-refractivity contribution in [3.05, 3.63) is 22.4 Å². The van der Waals surface area contributed by atoms with Gasteiger partial charge in [-0.25, -0.2) is 0 Å². The molecule has 0 aliphatic rings. The fourth-order valence-corrected chi connectivity index (χ4v) is 2.85. The summed E-state index contributed by atoms with van der Waals surface area (Å²) in [6, 6.07) is 5.55. The molecule has 0 bridgehead atoms. The third-order valence-corrected chi connectivity index (χ3v) is 4.53. The molecular formula is C14H26N2S. The van der Waals surface area contributed by atoms with E-state index in [1.807, 2.05) is 11.3 Å². The van der Waals surface area contributed by atoms with E-state index in [0.29, 0.717) is 12.1 Å². The lowest BCUT2D eigenvalue weighted by molar-refractivity contribution is 0.188. The van der Waals surface area contributed by atoms with E-state index >= 15 is 0 Å². The molecule has 0 fully saturated rings. The molecule has 2 unspecified atom stereocenters. The Morgan fingerprint density at radius 1 is 1.41 bits per heavy atom. The molecule has 0 aliphatic heterocycles. The average Bonchev–Trinajstić information content (AvgIpc) is 2.86. The Hall–Kier alpha value is -0.380. The van der Waals surface area contributed by atoms with Crippen molar-refractivity contribution in [3.8, 4) is 0 Å². The smallest absolute Gasteiger partial charge is 0.0413 e. The predicted octanol–water partition coefficient (Wildman–Crippen LogP) is 3.52. The van der Waals surface area contributed by atoms with E-state index < -0.39 is 0 Å². The fraction of sp³-hybridized carbons (Fsp3) is 0.714. The van der Waals surface area contributed by atoms with E-state index in [4.69, 9.17) is 0 Å². The number of thiophene rings is 1. The summed E-state index contributed by atoms with van der Waals surface area (Å²) in [4.78, 5) is 3.95. The molecule has 2 atom stereocenters. The molecule has 1 N–H and O–H groups in total. The van der Waals surface area contributed by atoms with Crippen LogP contribution in [-0.2, 0) is 0 Å². The van der Waals surface area contributed by atoms with Gasteiger partial charge in [-0.1, -0.05) is 13.0 Å². The lowest BCUT2D eigenvalue weighted by Crippen LogP contribution is -2.32. The van der Waals surface area contributed by atoms with Crippen LogP contribution in [0.5, 0.6) is 0 Å². The zero-order valence-electron chi connectivity index (χ0n) is 11.6. The third-order valence-electron chi connectivity index (χ3n) is 3.49. The molecule has 0 radical (unpaired) electrons. The number of nitrogens with one attached hydrogen (secondary N) is 1. The van der Waals surface area contributed by atoms with Gasteiger partial charge in [-0.05, 0) is 58.3 Å². The topological polar surface area (TPSA) is 15.3 Å². The summed E-state index contributed by atoms with van der Waals surface area (Å²) >= 11 is 1.85. The minimum Gasteiger partial charge on any atom is -0.317 e. The molecule has 1 aromatic rings. The SMILES string of the molecule is CCNCCCC(C)N(C)C(C)c1cccs1. The second-order valence-electron chi connectivity index (χ2n) is 4.70. The van der Waals surface area contributed by atoms with Gasteiger partial charge in [0.2, 0.25) is 0 Å². The van der Waals surface area contributed by atoms with Crippen molar-refractivity contribution in [2.24, 2.45) is 0 Å². The zero-order valence-corrected chi connectivity index (χ0v) is 12.4. The molecule has 1 rings (SSSR count). The van der Waals surface area contributed by atoms with Gasteiger partial charge in [-0.2, -0.15) is 0 Å². The average molecular weight is 254 g/mol. The summed E-state index contributed by atoms with van der Waals surface area (Å²) in [5.41, 5.74) is 0. The first-order valence-corrected chi connectivity index (χ1v) is 7.50. The summed E-state index contributed by atoms with van der Waals surface area (Å²) in [5.74, 6) is 0. The van der Waals surface area contributed by atoms with Crippen molar-refractivity contribution in [2.75, 3.05) is 20.1 Å². The monoisotopic (exact) mass is 254 g/mol. The van der Waals surface area contributed by atoms with Crippen molar-refractivity contribution in [2.45, 2.75) is 45.7 Å². The van der Waals surface area contributed by atoms with Crippen molar-refractivity contribution in [3.63, 3.8) is 0 Å². The molecule has 0 spiro atoms. The highest BCUT2D eigenvalue weighted by molar-refractivity contribution is 7.10. The van der Waals surface area contributed by atoms with Crippen LogP contribution >= 0.6 is 11.3 Å². The summed E-state index contributed by atoms with van der Waals surface area (Å²) in [6.45, 7) is 9.01. The number of rotatable bonds is 8. The highest BCUT2D eigenvalue weighted by Gasteiger charge is 2.17. The summed E-state index contributed by atoms with van der Waals surface area (Å²) in [7, 11) is 2.24. The first-order chi connectivity index (χ1) is 8.16. The normalized spacial score (nSPS) is 15.1. The van der Waals surface area contributed by atoms with Crippen LogP contribution in [0.4, 0.5) is 0 Å². The van der Waals surface area contributed by atoms with Gasteiger partial charge in [0.05, 0.1) is 0 Å². The minimum atomic E-state index is 0.532. The van der Waals surface area contributed by atoms with Crippen LogP contribution in [0.2, 0.25) is 0 Å². The van der Waals surface area contributed by atoms with E-state index in [1.54, 1.807) is 0 Å². The molecule has 2 nitrogen and oxygen atoms in total. The van der Waals surface area contributed by atoms with Gasteiger partial charge in [0.25, 0.3) is 0 Å². The highest BCUT2D eigenvalue weighted by Crippen LogP contribution is 2.25. The molecule has 0 saturated carbocycles. The lowest BCUT2D eigenvalue weighted by Gasteiger charge is -2.30. The fourth-order valence-electron chi connectivity index (χ4n) is 2.01. The Morgan fingerprint density at radius 3 is 2.76 bits per heavy atom. The van der Waals surface area contributed by atoms with Gasteiger partial charge < -0.3 is 5.32 Å². The zero-order chi connectivity index (χ0) is 12.7. The van der Waals surface area contributed by atoms with Gasteiger partial charge in [0, 0.05) is 17.0 Å². The minimum absolute atomic E-state index is 0.532. The lowest BCUT2D eigenvalue weighted by atomic mass is 10.1. The Bertz CT molecular complexity index is 284. The maximum atomic E-state index is 3.38. The highest BCUT2D eigenvalue weighted by atomic mass is 32.1. The largest absolute Gasteiger partial charge is 0.317 e. The van der Waals surface area contributed by atoms with Gasteiger partial charge in [-0.15, -0.1) is 11.3 Å². The van der Waals surface area contributed by atoms with Crippen LogP contribution in [0.1, 0.15) is 44.5 Å². The Balaban J connectivity index is 2.33. The van der Waals surface area contributed by atoms with Crippen molar-refractivity contribution in [1.82, 2.24) is 10.2 Å². The van der Waals surface area contributed by atoms with Crippen LogP contribution in [0.25, 0.3) is 0 Å². The maximum absolute atomic E-state index is 3.38. The molecule has 1 heterocycles. The van der Waals surface area contributed by atoms with E-state index in [9.17, 15) is 0 Å². The molecule has 3 heteroatoms. The Morgan fingerprint density at radius 2 is 2.18 bits per heavy atom. The molecule has 17 heavy (non-hydrogen) atoms. The molecule has 98 valence electrons. The molecule has 1 aromatic heterocycles. The first-order valence-electron chi connectivity index (χ1n) is 6.62. The quantitative estimate of drug-likeness (QED) is 0.714. The molecule has 0 saturated heterocycles. The van der Waals surface area contributed by atoms with Gasteiger partial charge in [-0.3, -0.25) is 4.90 Å². The summed E-state index contributed by atoms with van der Waals surface area (Å²) < 4.78 is 0. The van der Waals surface area contributed by atoms with Crippen molar-refractivity contribution < 1.29 is 0 Å². The van der Waals surface area contributed by atoms with Gasteiger partial charge >= 0.3 is 0 Å². The van der Waals surface area contributed by atoms with Crippen molar-refractivity contribution >= 4 is 11.3 Å². The van der Waals surface area contributed by atoms with Crippen LogP contribution < -0.4 is 5.32 Å². The molecule has 0 amide bonds.